The summed E-state index contributed by atoms with van der Waals surface area (Å²) in [6, 6.07) is 14.5. The molecule has 1 atom stereocenters. The molecule has 0 fully saturated rings. The first kappa shape index (κ1) is 16.6. The third-order valence-corrected chi connectivity index (χ3v) is 3.44. The average molecular weight is 311 g/mol. The van der Waals surface area contributed by atoms with Gasteiger partial charge in [0.05, 0.1) is 13.2 Å². The van der Waals surface area contributed by atoms with Gasteiger partial charge < -0.3 is 14.8 Å². The van der Waals surface area contributed by atoms with E-state index >= 15 is 0 Å². The zero-order valence-electron chi connectivity index (χ0n) is 13.4. The van der Waals surface area contributed by atoms with Crippen molar-refractivity contribution in [1.82, 2.24) is 5.32 Å². The van der Waals surface area contributed by atoms with Crippen molar-refractivity contribution in [3.8, 4) is 11.5 Å². The number of methoxy groups -OCH3 is 1. The van der Waals surface area contributed by atoms with Crippen LogP contribution in [0.2, 0.25) is 0 Å². The molecule has 4 heteroatoms. The van der Waals surface area contributed by atoms with Crippen molar-refractivity contribution >= 4 is 5.91 Å². The Bertz CT molecular complexity index is 665. The van der Waals surface area contributed by atoms with Gasteiger partial charge in [0.25, 0.3) is 5.91 Å². The summed E-state index contributed by atoms with van der Waals surface area (Å²) < 4.78 is 10.7. The summed E-state index contributed by atoms with van der Waals surface area (Å²) in [4.78, 5) is 12.3. The molecule has 0 aliphatic rings. The molecule has 0 heterocycles. The number of carbonyl (C=O) groups is 1. The highest BCUT2D eigenvalue weighted by Gasteiger charge is 2.14. The summed E-state index contributed by atoms with van der Waals surface area (Å²) in [5.74, 6) is 1.33. The Morgan fingerprint density at radius 3 is 2.57 bits per heavy atom. The van der Waals surface area contributed by atoms with E-state index in [0.717, 1.165) is 11.3 Å². The number of amides is 1. The van der Waals surface area contributed by atoms with Gasteiger partial charge in [0.2, 0.25) is 0 Å². The SMILES string of the molecule is C=CCOc1ccc(C(=O)NC(C)c2ccccc2OC)cc1. The van der Waals surface area contributed by atoms with Gasteiger partial charge in [-0.05, 0) is 37.3 Å². The van der Waals surface area contributed by atoms with Crippen molar-refractivity contribution < 1.29 is 14.3 Å². The Labute approximate surface area is 136 Å². The van der Waals surface area contributed by atoms with Gasteiger partial charge in [-0.1, -0.05) is 30.9 Å². The van der Waals surface area contributed by atoms with Gasteiger partial charge in [0.15, 0.2) is 0 Å². The van der Waals surface area contributed by atoms with Crippen LogP contribution in [0.1, 0.15) is 28.9 Å². The zero-order chi connectivity index (χ0) is 16.7. The maximum Gasteiger partial charge on any atom is 0.251 e. The molecule has 0 spiro atoms. The van der Waals surface area contributed by atoms with Gasteiger partial charge in [0.1, 0.15) is 18.1 Å². The Balaban J connectivity index is 2.04. The molecule has 2 rings (SSSR count). The molecule has 0 saturated carbocycles. The van der Waals surface area contributed by atoms with Crippen molar-refractivity contribution in [1.29, 1.82) is 0 Å². The first-order valence-electron chi connectivity index (χ1n) is 7.43. The number of nitrogens with one attached hydrogen (secondary N) is 1. The lowest BCUT2D eigenvalue weighted by Crippen LogP contribution is -2.26. The van der Waals surface area contributed by atoms with E-state index in [1.165, 1.54) is 0 Å². The molecular formula is C19H21NO3. The molecule has 120 valence electrons. The van der Waals surface area contributed by atoms with E-state index in [0.29, 0.717) is 17.9 Å². The van der Waals surface area contributed by atoms with Crippen molar-refractivity contribution in [2.24, 2.45) is 0 Å². The molecule has 2 aromatic carbocycles. The Kier molecular flexibility index (Phi) is 5.80. The fraction of sp³-hybridized carbons (Fsp3) is 0.211. The summed E-state index contributed by atoms with van der Waals surface area (Å²) in [6.45, 7) is 5.97. The maximum atomic E-state index is 12.3. The van der Waals surface area contributed by atoms with Crippen LogP contribution >= 0.6 is 0 Å². The van der Waals surface area contributed by atoms with Gasteiger partial charge in [-0.3, -0.25) is 4.79 Å². The fourth-order valence-corrected chi connectivity index (χ4v) is 2.24. The topological polar surface area (TPSA) is 47.6 Å². The van der Waals surface area contributed by atoms with Gasteiger partial charge in [-0.15, -0.1) is 0 Å². The van der Waals surface area contributed by atoms with E-state index in [1.54, 1.807) is 37.5 Å². The molecule has 1 unspecified atom stereocenters. The van der Waals surface area contributed by atoms with Crippen molar-refractivity contribution in [2.45, 2.75) is 13.0 Å². The standard InChI is InChI=1S/C19H21NO3/c1-4-13-23-16-11-9-15(10-12-16)19(21)20-14(2)17-7-5-6-8-18(17)22-3/h4-12,14H,1,13H2,2-3H3,(H,20,21). The van der Waals surface area contributed by atoms with Gasteiger partial charge in [-0.2, -0.15) is 0 Å². The number of hydrogen-bond acceptors (Lipinski definition) is 3. The fourth-order valence-electron chi connectivity index (χ4n) is 2.24. The second-order valence-corrected chi connectivity index (χ2v) is 5.06. The summed E-state index contributed by atoms with van der Waals surface area (Å²) in [5.41, 5.74) is 1.52. The highest BCUT2D eigenvalue weighted by atomic mass is 16.5. The van der Waals surface area contributed by atoms with Crippen LogP contribution in [0.25, 0.3) is 0 Å². The van der Waals surface area contributed by atoms with Crippen LogP contribution in [0.15, 0.2) is 61.2 Å². The summed E-state index contributed by atoms with van der Waals surface area (Å²) in [7, 11) is 1.62. The molecular weight excluding hydrogens is 290 g/mol. The summed E-state index contributed by atoms with van der Waals surface area (Å²) in [6.07, 6.45) is 1.68. The van der Waals surface area contributed by atoms with E-state index in [-0.39, 0.29) is 11.9 Å². The van der Waals surface area contributed by atoms with Crippen LogP contribution in [-0.4, -0.2) is 19.6 Å². The van der Waals surface area contributed by atoms with Gasteiger partial charge >= 0.3 is 0 Å². The van der Waals surface area contributed by atoms with Crippen LogP contribution in [0.4, 0.5) is 0 Å². The number of rotatable bonds is 7. The lowest BCUT2D eigenvalue weighted by atomic mass is 10.1. The van der Waals surface area contributed by atoms with Gasteiger partial charge in [0, 0.05) is 11.1 Å². The molecule has 0 aliphatic heterocycles. The second kappa shape index (κ2) is 8.03. The molecule has 0 saturated heterocycles. The molecule has 0 aliphatic carbocycles. The molecule has 23 heavy (non-hydrogen) atoms. The van der Waals surface area contributed by atoms with Crippen LogP contribution in [0, 0.1) is 0 Å². The van der Waals surface area contributed by atoms with Crippen LogP contribution in [0.5, 0.6) is 11.5 Å². The van der Waals surface area contributed by atoms with E-state index in [2.05, 4.69) is 11.9 Å². The number of para-hydroxylation sites is 1. The lowest BCUT2D eigenvalue weighted by Gasteiger charge is -2.17. The van der Waals surface area contributed by atoms with Crippen molar-refractivity contribution in [3.63, 3.8) is 0 Å². The van der Waals surface area contributed by atoms with Gasteiger partial charge in [-0.25, -0.2) is 0 Å². The third-order valence-electron chi connectivity index (χ3n) is 3.44. The minimum atomic E-state index is -0.157. The quantitative estimate of drug-likeness (QED) is 0.792. The maximum absolute atomic E-state index is 12.3. The van der Waals surface area contributed by atoms with Crippen LogP contribution in [-0.2, 0) is 0 Å². The molecule has 0 radical (unpaired) electrons. The molecule has 1 amide bonds. The van der Waals surface area contributed by atoms with Crippen LogP contribution < -0.4 is 14.8 Å². The molecule has 4 nitrogen and oxygen atoms in total. The van der Waals surface area contributed by atoms with Crippen molar-refractivity contribution in [2.75, 3.05) is 13.7 Å². The largest absolute Gasteiger partial charge is 0.496 e. The lowest BCUT2D eigenvalue weighted by molar-refractivity contribution is 0.0939. The Morgan fingerprint density at radius 2 is 1.91 bits per heavy atom. The molecule has 0 aromatic heterocycles. The third kappa shape index (κ3) is 4.36. The number of benzene rings is 2. The number of hydrogen-bond donors (Lipinski definition) is 1. The monoisotopic (exact) mass is 311 g/mol. The smallest absolute Gasteiger partial charge is 0.251 e. The molecule has 1 N–H and O–H groups in total. The molecule has 0 bridgehead atoms. The Morgan fingerprint density at radius 1 is 1.22 bits per heavy atom. The normalized spacial score (nSPS) is 11.4. The van der Waals surface area contributed by atoms with Crippen LogP contribution in [0.3, 0.4) is 0 Å². The minimum absolute atomic E-state index is 0.140. The number of carbonyl (C=O) groups excluding carboxylic acids is 1. The predicted molar refractivity (Wildman–Crippen MR) is 91.0 cm³/mol. The minimum Gasteiger partial charge on any atom is -0.496 e. The van der Waals surface area contributed by atoms with E-state index in [4.69, 9.17) is 9.47 Å². The first-order valence-corrected chi connectivity index (χ1v) is 7.43. The summed E-state index contributed by atoms with van der Waals surface area (Å²) >= 11 is 0. The average Bonchev–Trinajstić information content (AvgIpc) is 2.60. The Hall–Kier alpha value is -2.75. The first-order chi connectivity index (χ1) is 11.2. The van der Waals surface area contributed by atoms with E-state index < -0.39 is 0 Å². The number of ether oxygens (including phenoxy) is 2. The van der Waals surface area contributed by atoms with E-state index in [1.807, 2.05) is 31.2 Å². The zero-order valence-corrected chi connectivity index (χ0v) is 13.4. The summed E-state index contributed by atoms with van der Waals surface area (Å²) in [5, 5.41) is 2.97. The highest BCUT2D eigenvalue weighted by molar-refractivity contribution is 5.94. The second-order valence-electron chi connectivity index (χ2n) is 5.06. The molecule has 2 aromatic rings. The predicted octanol–water partition coefficient (Wildman–Crippen LogP) is 3.75. The van der Waals surface area contributed by atoms with Crippen molar-refractivity contribution in [3.05, 3.63) is 72.3 Å². The van der Waals surface area contributed by atoms with E-state index in [9.17, 15) is 4.79 Å². The highest BCUT2D eigenvalue weighted by Crippen LogP contribution is 2.24.